The minimum absolute atomic E-state index is 0.0749. The van der Waals surface area contributed by atoms with Crippen LogP contribution in [0.2, 0.25) is 0 Å². The minimum Gasteiger partial charge on any atom is -0.433 e. The maximum absolute atomic E-state index is 13.0. The Morgan fingerprint density at radius 1 is 1.19 bits per heavy atom. The molecule has 1 aromatic rings. The van der Waals surface area contributed by atoms with Gasteiger partial charge in [-0.2, -0.15) is 0 Å². The van der Waals surface area contributed by atoms with E-state index in [2.05, 4.69) is 10.6 Å². The van der Waals surface area contributed by atoms with E-state index >= 15 is 0 Å². The highest BCUT2D eigenvalue weighted by Gasteiger charge is 2.39. The lowest BCUT2D eigenvalue weighted by atomic mass is 10.2. The first-order chi connectivity index (χ1) is 15.2. The lowest BCUT2D eigenvalue weighted by Crippen LogP contribution is -2.53. The third-order valence-electron chi connectivity index (χ3n) is 5.02. The number of cyclic esters (lactones) is 1. The van der Waals surface area contributed by atoms with Crippen LogP contribution in [0.25, 0.3) is 0 Å². The van der Waals surface area contributed by atoms with Gasteiger partial charge in [-0.05, 0) is 19.1 Å². The molecule has 0 saturated carbocycles. The Hall–Kier alpha value is -2.99. The van der Waals surface area contributed by atoms with E-state index in [0.717, 1.165) is 4.90 Å². The number of hydrogen-bond donors (Lipinski definition) is 2. The number of esters is 1. The summed E-state index contributed by atoms with van der Waals surface area (Å²) >= 11 is 0. The van der Waals surface area contributed by atoms with E-state index in [9.17, 15) is 27.6 Å². The van der Waals surface area contributed by atoms with Crippen LogP contribution in [0.4, 0.5) is 0 Å². The Morgan fingerprint density at radius 2 is 1.91 bits per heavy atom. The van der Waals surface area contributed by atoms with Gasteiger partial charge in [0.05, 0.1) is 24.5 Å². The van der Waals surface area contributed by atoms with Gasteiger partial charge in [-0.15, -0.1) is 0 Å². The zero-order valence-electron chi connectivity index (χ0n) is 17.5. The Bertz CT molecular complexity index is 982. The summed E-state index contributed by atoms with van der Waals surface area (Å²) in [4.78, 5) is 50.5. The van der Waals surface area contributed by atoms with E-state index in [4.69, 9.17) is 9.47 Å². The van der Waals surface area contributed by atoms with Crippen molar-refractivity contribution in [2.24, 2.45) is 0 Å². The Kier molecular flexibility index (Phi) is 7.46. The fourth-order valence-electron chi connectivity index (χ4n) is 3.47. The molecule has 0 aliphatic carbocycles. The van der Waals surface area contributed by atoms with Crippen molar-refractivity contribution in [3.8, 4) is 0 Å². The number of amides is 3. The number of hydrogen-bond acceptors (Lipinski definition) is 8. The zero-order valence-corrected chi connectivity index (χ0v) is 18.3. The van der Waals surface area contributed by atoms with Gasteiger partial charge in [-0.25, -0.2) is 8.42 Å². The normalized spacial score (nSPS) is 25.0. The standard InChI is InChI=1S/C20H25N3O8S/c1-2-30-20-14(10-17(25)31-20)21-16(24)11-23-8-9-32(28,29)12-15(19(23)27)22-18(26)13-6-4-3-5-7-13/h3-7,14-15,20H,2,8-12H2,1H3,(H,21,24)(H,22,26)/t14-,15-,20?/m0/s1. The molecule has 3 rings (SSSR count). The van der Waals surface area contributed by atoms with Crippen molar-refractivity contribution in [1.82, 2.24) is 15.5 Å². The first kappa shape index (κ1) is 23.7. The van der Waals surface area contributed by atoms with E-state index in [1.165, 1.54) is 12.1 Å². The van der Waals surface area contributed by atoms with Crippen molar-refractivity contribution in [3.05, 3.63) is 35.9 Å². The van der Waals surface area contributed by atoms with Crippen molar-refractivity contribution in [3.63, 3.8) is 0 Å². The topological polar surface area (TPSA) is 148 Å². The van der Waals surface area contributed by atoms with Crippen LogP contribution in [0.3, 0.4) is 0 Å². The number of benzene rings is 1. The third-order valence-corrected chi connectivity index (χ3v) is 6.66. The molecular formula is C20H25N3O8S. The van der Waals surface area contributed by atoms with Crippen LogP contribution in [0.1, 0.15) is 23.7 Å². The van der Waals surface area contributed by atoms with Gasteiger partial charge in [0, 0.05) is 18.7 Å². The second-order valence-corrected chi connectivity index (χ2v) is 9.69. The summed E-state index contributed by atoms with van der Waals surface area (Å²) < 4.78 is 34.9. The average molecular weight is 468 g/mol. The van der Waals surface area contributed by atoms with Crippen LogP contribution in [0.15, 0.2) is 30.3 Å². The number of rotatable bonds is 7. The number of nitrogens with one attached hydrogen (secondary N) is 2. The highest BCUT2D eigenvalue weighted by Crippen LogP contribution is 2.16. The van der Waals surface area contributed by atoms with Crippen molar-refractivity contribution >= 4 is 33.5 Å². The molecule has 2 heterocycles. The molecule has 2 aliphatic rings. The highest BCUT2D eigenvalue weighted by molar-refractivity contribution is 7.91. The molecule has 11 nitrogen and oxygen atoms in total. The molecule has 0 radical (unpaired) electrons. The fraction of sp³-hybridized carbons (Fsp3) is 0.500. The van der Waals surface area contributed by atoms with Gasteiger partial charge in [0.25, 0.3) is 5.91 Å². The first-order valence-electron chi connectivity index (χ1n) is 10.1. The quantitative estimate of drug-likeness (QED) is 0.477. The fourth-order valence-corrected chi connectivity index (χ4v) is 4.87. The largest absolute Gasteiger partial charge is 0.433 e. The lowest BCUT2D eigenvalue weighted by molar-refractivity contribution is -0.164. The summed E-state index contributed by atoms with van der Waals surface area (Å²) in [7, 11) is -3.64. The highest BCUT2D eigenvalue weighted by atomic mass is 32.2. The minimum atomic E-state index is -3.64. The molecule has 1 unspecified atom stereocenters. The molecule has 2 N–H and O–H groups in total. The van der Waals surface area contributed by atoms with Crippen molar-refractivity contribution < 1.29 is 37.1 Å². The molecule has 2 saturated heterocycles. The van der Waals surface area contributed by atoms with Crippen molar-refractivity contribution in [2.45, 2.75) is 31.7 Å². The molecule has 2 fully saturated rings. The molecule has 0 spiro atoms. The summed E-state index contributed by atoms with van der Waals surface area (Å²) in [5, 5.41) is 5.05. The van der Waals surface area contributed by atoms with Gasteiger partial charge >= 0.3 is 5.97 Å². The van der Waals surface area contributed by atoms with Gasteiger partial charge in [0.1, 0.15) is 12.1 Å². The summed E-state index contributed by atoms with van der Waals surface area (Å²) in [6.45, 7) is 1.36. The lowest BCUT2D eigenvalue weighted by Gasteiger charge is -2.25. The monoisotopic (exact) mass is 467 g/mol. The maximum Gasteiger partial charge on any atom is 0.310 e. The molecule has 12 heteroatoms. The van der Waals surface area contributed by atoms with E-state index in [1.807, 2.05) is 0 Å². The zero-order chi connectivity index (χ0) is 23.3. The molecule has 0 aromatic heterocycles. The van der Waals surface area contributed by atoms with Crippen LogP contribution in [0, 0.1) is 0 Å². The summed E-state index contributed by atoms with van der Waals surface area (Å²) in [6, 6.07) is 6.04. The number of nitrogens with zero attached hydrogens (tertiary/aromatic N) is 1. The summed E-state index contributed by atoms with van der Waals surface area (Å²) in [5.41, 5.74) is 0.277. The van der Waals surface area contributed by atoms with Crippen molar-refractivity contribution in [2.75, 3.05) is 31.2 Å². The average Bonchev–Trinajstić information content (AvgIpc) is 3.04. The second-order valence-electron chi connectivity index (χ2n) is 7.46. The summed E-state index contributed by atoms with van der Waals surface area (Å²) in [6.07, 6.45) is -0.997. The van der Waals surface area contributed by atoms with Gasteiger partial charge < -0.3 is 25.0 Å². The number of carbonyl (C=O) groups excluding carboxylic acids is 4. The van der Waals surface area contributed by atoms with Crippen molar-refractivity contribution in [1.29, 1.82) is 0 Å². The van der Waals surface area contributed by atoms with E-state index in [-0.39, 0.29) is 30.9 Å². The molecule has 174 valence electrons. The predicted molar refractivity (Wildman–Crippen MR) is 111 cm³/mol. The first-order valence-corrected chi connectivity index (χ1v) is 12.0. The SMILES string of the molecule is CCOC1OC(=O)C[C@@H]1NC(=O)CN1CCS(=O)(=O)C[C@H](NC(=O)c2ccccc2)C1=O. The van der Waals surface area contributed by atoms with Crippen LogP contribution in [0.5, 0.6) is 0 Å². The maximum atomic E-state index is 13.0. The Morgan fingerprint density at radius 3 is 2.59 bits per heavy atom. The molecule has 3 atom stereocenters. The molecule has 2 aliphatic heterocycles. The van der Waals surface area contributed by atoms with Crippen LogP contribution >= 0.6 is 0 Å². The number of sulfone groups is 1. The molecule has 32 heavy (non-hydrogen) atoms. The molecular weight excluding hydrogens is 442 g/mol. The number of ether oxygens (including phenoxy) is 2. The van der Waals surface area contributed by atoms with E-state index < -0.39 is 64.2 Å². The van der Waals surface area contributed by atoms with Gasteiger partial charge in [-0.3, -0.25) is 19.2 Å². The van der Waals surface area contributed by atoms with Gasteiger partial charge in [0.2, 0.25) is 18.1 Å². The van der Waals surface area contributed by atoms with Crippen LogP contribution < -0.4 is 10.6 Å². The van der Waals surface area contributed by atoms with Crippen LogP contribution in [-0.2, 0) is 33.7 Å². The second kappa shape index (κ2) is 10.1. The van der Waals surface area contributed by atoms with Crippen LogP contribution in [-0.4, -0.2) is 86.6 Å². The van der Waals surface area contributed by atoms with Gasteiger partial charge in [-0.1, -0.05) is 18.2 Å². The van der Waals surface area contributed by atoms with Gasteiger partial charge in [0.15, 0.2) is 9.84 Å². The number of carbonyl (C=O) groups is 4. The third kappa shape index (κ3) is 6.04. The Balaban J connectivity index is 1.67. The van der Waals surface area contributed by atoms with E-state index in [1.54, 1.807) is 25.1 Å². The summed E-state index contributed by atoms with van der Waals surface area (Å²) in [5.74, 6) is -3.28. The Labute approximate surface area is 185 Å². The smallest absolute Gasteiger partial charge is 0.310 e. The molecule has 1 aromatic carbocycles. The predicted octanol–water partition coefficient (Wildman–Crippen LogP) is -1.16. The molecule has 0 bridgehead atoms. The molecule has 3 amide bonds. The van der Waals surface area contributed by atoms with E-state index in [0.29, 0.717) is 0 Å².